The summed E-state index contributed by atoms with van der Waals surface area (Å²) in [6.45, 7) is 1.07. The smallest absolute Gasteiger partial charge is 0.250 e. The van der Waals surface area contributed by atoms with Crippen LogP contribution in [0.4, 0.5) is 16.0 Å². The summed E-state index contributed by atoms with van der Waals surface area (Å²) in [5, 5.41) is 6.32. The molecule has 2 aromatic heterocycles. The zero-order chi connectivity index (χ0) is 22.7. The van der Waals surface area contributed by atoms with E-state index in [9.17, 15) is 9.18 Å². The molecule has 0 fully saturated rings. The van der Waals surface area contributed by atoms with Gasteiger partial charge in [0.05, 0.1) is 12.2 Å². The standard InChI is InChI=1S/C23H21ClFN5O2/c1-30(2)9-7-21(31)29-20-6-3-14(13-27-20)16-12-19(17-11-15(24)4-5-18(17)25)28-23-22(16)32-10-8-26-23/h3-7,9,11-13H,8,10H2,1-2H3,(H,26,28)(H,27,29,31). The van der Waals surface area contributed by atoms with Gasteiger partial charge in [-0.1, -0.05) is 11.6 Å². The van der Waals surface area contributed by atoms with Crippen molar-refractivity contribution in [2.45, 2.75) is 0 Å². The molecule has 0 radical (unpaired) electrons. The van der Waals surface area contributed by atoms with Crippen LogP contribution in [0.1, 0.15) is 0 Å². The maximum atomic E-state index is 14.5. The molecule has 0 aliphatic carbocycles. The summed E-state index contributed by atoms with van der Waals surface area (Å²) in [7, 11) is 3.65. The number of aromatic nitrogens is 2. The van der Waals surface area contributed by atoms with Crippen molar-refractivity contribution < 1.29 is 13.9 Å². The Hall–Kier alpha value is -3.65. The molecule has 0 saturated carbocycles. The van der Waals surface area contributed by atoms with Crippen molar-refractivity contribution in [2.24, 2.45) is 0 Å². The summed E-state index contributed by atoms with van der Waals surface area (Å²) in [5.41, 5.74) is 2.15. The van der Waals surface area contributed by atoms with Gasteiger partial charge in [-0.05, 0) is 36.4 Å². The van der Waals surface area contributed by atoms with E-state index in [1.165, 1.54) is 24.3 Å². The lowest BCUT2D eigenvalue weighted by Gasteiger charge is -2.22. The van der Waals surface area contributed by atoms with E-state index in [0.29, 0.717) is 52.4 Å². The van der Waals surface area contributed by atoms with Crippen LogP contribution in [0.25, 0.3) is 22.4 Å². The summed E-state index contributed by atoms with van der Waals surface area (Å²) < 4.78 is 20.3. The number of hydrogen-bond donors (Lipinski definition) is 2. The van der Waals surface area contributed by atoms with E-state index in [1.807, 2.05) is 20.2 Å². The monoisotopic (exact) mass is 453 g/mol. The minimum atomic E-state index is -0.425. The summed E-state index contributed by atoms with van der Waals surface area (Å²) in [6.07, 6.45) is 4.69. The number of halogens is 2. The van der Waals surface area contributed by atoms with Crippen LogP contribution < -0.4 is 15.4 Å². The third kappa shape index (κ3) is 4.81. The third-order valence-corrected chi connectivity index (χ3v) is 4.90. The van der Waals surface area contributed by atoms with Gasteiger partial charge in [0, 0.05) is 54.3 Å². The van der Waals surface area contributed by atoms with Crippen molar-refractivity contribution in [2.75, 3.05) is 37.9 Å². The Kier molecular flexibility index (Phi) is 6.23. The predicted molar refractivity (Wildman–Crippen MR) is 123 cm³/mol. The highest BCUT2D eigenvalue weighted by atomic mass is 35.5. The summed E-state index contributed by atoms with van der Waals surface area (Å²) in [5.74, 6) is 0.785. The van der Waals surface area contributed by atoms with Crippen molar-refractivity contribution in [3.05, 3.63) is 65.7 Å². The number of hydrogen-bond acceptors (Lipinski definition) is 6. The minimum Gasteiger partial charge on any atom is -0.487 e. The number of fused-ring (bicyclic) bond motifs is 1. The fraction of sp³-hybridized carbons (Fsp3) is 0.174. The SMILES string of the molecule is CN(C)C=CC(=O)Nc1ccc(-c2cc(-c3cc(Cl)ccc3F)nc3c2OCCN3)cn1. The molecule has 164 valence electrons. The molecular formula is C23H21ClFN5O2. The van der Waals surface area contributed by atoms with Gasteiger partial charge in [-0.2, -0.15) is 0 Å². The molecule has 0 saturated heterocycles. The first-order valence-electron chi connectivity index (χ1n) is 9.90. The molecule has 2 N–H and O–H groups in total. The Balaban J connectivity index is 1.70. The molecule has 32 heavy (non-hydrogen) atoms. The second-order valence-corrected chi connectivity index (χ2v) is 7.77. The molecule has 1 aliphatic rings. The van der Waals surface area contributed by atoms with E-state index < -0.39 is 5.82 Å². The van der Waals surface area contributed by atoms with Crippen LogP contribution in [0, 0.1) is 5.82 Å². The molecule has 0 spiro atoms. The number of nitrogens with zero attached hydrogens (tertiary/aromatic N) is 3. The Morgan fingerprint density at radius 1 is 1.25 bits per heavy atom. The Morgan fingerprint density at radius 2 is 2.09 bits per heavy atom. The van der Waals surface area contributed by atoms with Crippen LogP contribution in [-0.4, -0.2) is 48.0 Å². The minimum absolute atomic E-state index is 0.286. The molecule has 9 heteroatoms. The van der Waals surface area contributed by atoms with Crippen LogP contribution in [0.3, 0.4) is 0 Å². The fourth-order valence-corrected chi connectivity index (χ4v) is 3.35. The van der Waals surface area contributed by atoms with Gasteiger partial charge in [-0.3, -0.25) is 4.79 Å². The Labute approximate surface area is 189 Å². The van der Waals surface area contributed by atoms with Gasteiger partial charge in [0.15, 0.2) is 11.6 Å². The first-order valence-corrected chi connectivity index (χ1v) is 10.3. The highest BCUT2D eigenvalue weighted by Gasteiger charge is 2.21. The number of benzene rings is 1. The molecule has 4 rings (SSSR count). The molecule has 1 aliphatic heterocycles. The van der Waals surface area contributed by atoms with E-state index in [1.54, 1.807) is 29.4 Å². The van der Waals surface area contributed by atoms with Gasteiger partial charge >= 0.3 is 0 Å². The lowest BCUT2D eigenvalue weighted by molar-refractivity contribution is -0.112. The average molecular weight is 454 g/mol. The van der Waals surface area contributed by atoms with E-state index >= 15 is 0 Å². The molecule has 7 nitrogen and oxygen atoms in total. The van der Waals surface area contributed by atoms with Crippen LogP contribution >= 0.6 is 11.6 Å². The van der Waals surface area contributed by atoms with Gasteiger partial charge in [-0.15, -0.1) is 0 Å². The van der Waals surface area contributed by atoms with Gasteiger partial charge in [0.25, 0.3) is 5.91 Å². The molecule has 3 heterocycles. The summed E-state index contributed by atoms with van der Waals surface area (Å²) in [4.78, 5) is 22.6. The number of ether oxygens (including phenoxy) is 1. The van der Waals surface area contributed by atoms with E-state index in [2.05, 4.69) is 20.6 Å². The van der Waals surface area contributed by atoms with Crippen LogP contribution in [0.15, 0.2) is 54.9 Å². The normalized spacial score (nSPS) is 12.6. The van der Waals surface area contributed by atoms with Crippen molar-refractivity contribution in [3.8, 4) is 28.1 Å². The first kappa shape index (κ1) is 21.6. The molecule has 0 unspecified atom stereocenters. The van der Waals surface area contributed by atoms with E-state index in [0.717, 1.165) is 5.56 Å². The quantitative estimate of drug-likeness (QED) is 0.557. The maximum Gasteiger partial charge on any atom is 0.250 e. The largest absolute Gasteiger partial charge is 0.487 e. The number of carbonyl (C=O) groups excluding carboxylic acids is 1. The lowest BCUT2D eigenvalue weighted by Crippen LogP contribution is -2.20. The second-order valence-electron chi connectivity index (χ2n) is 7.33. The average Bonchev–Trinajstić information content (AvgIpc) is 2.79. The topological polar surface area (TPSA) is 79.4 Å². The molecule has 0 atom stereocenters. The first-order chi connectivity index (χ1) is 15.4. The predicted octanol–water partition coefficient (Wildman–Crippen LogP) is 4.42. The third-order valence-electron chi connectivity index (χ3n) is 4.67. The zero-order valence-electron chi connectivity index (χ0n) is 17.5. The number of pyridine rings is 2. The molecule has 0 bridgehead atoms. The van der Waals surface area contributed by atoms with Gasteiger partial charge in [-0.25, -0.2) is 14.4 Å². The number of carbonyl (C=O) groups is 1. The van der Waals surface area contributed by atoms with Gasteiger partial charge < -0.3 is 20.3 Å². The molecular weight excluding hydrogens is 433 g/mol. The van der Waals surface area contributed by atoms with Crippen molar-refractivity contribution in [1.29, 1.82) is 0 Å². The van der Waals surface area contributed by atoms with Crippen LogP contribution in [-0.2, 0) is 4.79 Å². The van der Waals surface area contributed by atoms with Gasteiger partial charge in [0.2, 0.25) is 0 Å². The van der Waals surface area contributed by atoms with Gasteiger partial charge in [0.1, 0.15) is 18.2 Å². The number of anilines is 2. The number of rotatable bonds is 5. The highest BCUT2D eigenvalue weighted by molar-refractivity contribution is 6.30. The van der Waals surface area contributed by atoms with Crippen molar-refractivity contribution in [1.82, 2.24) is 14.9 Å². The van der Waals surface area contributed by atoms with Crippen molar-refractivity contribution in [3.63, 3.8) is 0 Å². The summed E-state index contributed by atoms with van der Waals surface area (Å²) >= 11 is 6.08. The molecule has 1 aromatic carbocycles. The highest BCUT2D eigenvalue weighted by Crippen LogP contribution is 2.40. The maximum absolute atomic E-state index is 14.5. The Bertz CT molecular complexity index is 1180. The number of nitrogens with one attached hydrogen (secondary N) is 2. The van der Waals surface area contributed by atoms with Crippen molar-refractivity contribution >= 4 is 29.1 Å². The van der Waals surface area contributed by atoms with E-state index in [4.69, 9.17) is 16.3 Å². The number of amides is 1. The van der Waals surface area contributed by atoms with E-state index in [-0.39, 0.29) is 5.91 Å². The second kappa shape index (κ2) is 9.23. The molecule has 1 amide bonds. The fourth-order valence-electron chi connectivity index (χ4n) is 3.18. The van der Waals surface area contributed by atoms with Crippen LogP contribution in [0.5, 0.6) is 5.75 Å². The zero-order valence-corrected chi connectivity index (χ0v) is 18.3. The van der Waals surface area contributed by atoms with Crippen LogP contribution in [0.2, 0.25) is 5.02 Å². The Morgan fingerprint density at radius 3 is 2.84 bits per heavy atom. The molecule has 3 aromatic rings. The lowest BCUT2D eigenvalue weighted by atomic mass is 10.0. The summed E-state index contributed by atoms with van der Waals surface area (Å²) in [6, 6.07) is 9.59.